The maximum Gasteiger partial charge on any atom is 0.322 e. The van der Waals surface area contributed by atoms with Crippen molar-refractivity contribution in [3.63, 3.8) is 0 Å². The molecule has 10 nitrogen and oxygen atoms in total. The lowest BCUT2D eigenvalue weighted by atomic mass is 9.89. The third-order valence-electron chi connectivity index (χ3n) is 5.77. The Balaban J connectivity index is 1.47. The summed E-state index contributed by atoms with van der Waals surface area (Å²) in [5, 5.41) is 4.92. The molecule has 10 heteroatoms. The highest BCUT2D eigenvalue weighted by Crippen LogP contribution is 2.35. The summed E-state index contributed by atoms with van der Waals surface area (Å²) in [6, 6.07) is 7.43. The molecule has 5 rings (SSSR count). The number of aromatic nitrogens is 1. The number of hydrogen-bond acceptors (Lipinski definition) is 6. The lowest BCUT2D eigenvalue weighted by Gasteiger charge is -2.34. The zero-order valence-corrected chi connectivity index (χ0v) is 16.0. The van der Waals surface area contributed by atoms with E-state index in [1.807, 2.05) is 0 Å². The van der Waals surface area contributed by atoms with E-state index in [1.54, 1.807) is 18.2 Å². The second-order valence-electron chi connectivity index (χ2n) is 7.54. The van der Waals surface area contributed by atoms with Crippen LogP contribution < -0.4 is 25.7 Å². The van der Waals surface area contributed by atoms with Gasteiger partial charge in [0.1, 0.15) is 17.6 Å². The Bertz CT molecular complexity index is 1160. The summed E-state index contributed by atoms with van der Waals surface area (Å²) < 4.78 is 11.1. The molecule has 0 spiro atoms. The Morgan fingerprint density at radius 2 is 2.03 bits per heavy atom. The van der Waals surface area contributed by atoms with Gasteiger partial charge in [0.25, 0.3) is 11.8 Å². The molecule has 4 amide bonds. The van der Waals surface area contributed by atoms with E-state index in [1.165, 1.54) is 24.1 Å². The van der Waals surface area contributed by atoms with Gasteiger partial charge in [-0.1, -0.05) is 6.07 Å². The number of ether oxygens (including phenoxy) is 2. The van der Waals surface area contributed by atoms with Crippen molar-refractivity contribution in [2.45, 2.75) is 24.6 Å². The number of urea groups is 1. The molecular formula is C20H18N4O6. The van der Waals surface area contributed by atoms with Gasteiger partial charge < -0.3 is 24.7 Å². The molecule has 3 N–H and O–H groups in total. The van der Waals surface area contributed by atoms with E-state index in [9.17, 15) is 19.2 Å². The van der Waals surface area contributed by atoms with Crippen molar-refractivity contribution in [2.24, 2.45) is 0 Å². The van der Waals surface area contributed by atoms with Crippen molar-refractivity contribution < 1.29 is 23.9 Å². The first-order chi connectivity index (χ1) is 14.4. The van der Waals surface area contributed by atoms with Gasteiger partial charge in [0.05, 0.1) is 19.3 Å². The van der Waals surface area contributed by atoms with E-state index in [0.29, 0.717) is 29.3 Å². The number of benzene rings is 1. The van der Waals surface area contributed by atoms with Gasteiger partial charge >= 0.3 is 6.03 Å². The number of nitrogens with one attached hydrogen (secondary N) is 3. The van der Waals surface area contributed by atoms with E-state index in [0.717, 1.165) is 5.56 Å². The minimum atomic E-state index is -1.49. The van der Waals surface area contributed by atoms with E-state index in [-0.39, 0.29) is 24.4 Å². The van der Waals surface area contributed by atoms with Crippen LogP contribution in [0, 0.1) is 0 Å². The third-order valence-corrected chi connectivity index (χ3v) is 5.77. The molecule has 2 aromatic rings. The monoisotopic (exact) mass is 410 g/mol. The molecule has 3 aliphatic rings. The number of carbonyl (C=O) groups excluding carboxylic acids is 3. The highest BCUT2D eigenvalue weighted by atomic mass is 16.5. The second kappa shape index (κ2) is 6.34. The van der Waals surface area contributed by atoms with Gasteiger partial charge in [-0.05, 0) is 23.8 Å². The van der Waals surface area contributed by atoms with Crippen molar-refractivity contribution in [1.29, 1.82) is 0 Å². The maximum absolute atomic E-state index is 13.0. The maximum atomic E-state index is 13.0. The van der Waals surface area contributed by atoms with Gasteiger partial charge in [-0.15, -0.1) is 0 Å². The molecule has 0 aliphatic carbocycles. The molecule has 1 aromatic heterocycles. The van der Waals surface area contributed by atoms with Crippen LogP contribution in [0.3, 0.4) is 0 Å². The molecule has 154 valence electrons. The number of methoxy groups -OCH3 is 1. The lowest BCUT2D eigenvalue weighted by molar-refractivity contribution is -0.127. The molecule has 30 heavy (non-hydrogen) atoms. The Morgan fingerprint density at radius 3 is 2.77 bits per heavy atom. The highest BCUT2D eigenvalue weighted by Gasteiger charge is 2.57. The summed E-state index contributed by atoms with van der Waals surface area (Å²) >= 11 is 0. The average molecular weight is 410 g/mol. The number of carbonyl (C=O) groups is 3. The minimum absolute atomic E-state index is 0.0801. The van der Waals surface area contributed by atoms with Crippen LogP contribution in [0.1, 0.15) is 21.6 Å². The molecule has 2 unspecified atom stereocenters. The molecule has 0 bridgehead atoms. The summed E-state index contributed by atoms with van der Waals surface area (Å²) in [5.41, 5.74) is 0.0666. The first-order valence-corrected chi connectivity index (χ1v) is 9.38. The molecule has 2 atom stereocenters. The van der Waals surface area contributed by atoms with Crippen molar-refractivity contribution in [2.75, 3.05) is 13.7 Å². The van der Waals surface area contributed by atoms with Crippen LogP contribution >= 0.6 is 0 Å². The van der Waals surface area contributed by atoms with E-state index < -0.39 is 23.6 Å². The minimum Gasteiger partial charge on any atom is -0.497 e. The number of nitrogens with zero attached hydrogens (tertiary/aromatic N) is 1. The quantitative estimate of drug-likeness (QED) is 0.605. The Morgan fingerprint density at radius 1 is 1.20 bits per heavy atom. The molecule has 1 aromatic carbocycles. The second-order valence-corrected chi connectivity index (χ2v) is 7.54. The van der Waals surface area contributed by atoms with Crippen LogP contribution in [0.2, 0.25) is 0 Å². The van der Waals surface area contributed by atoms with Crippen molar-refractivity contribution in [1.82, 2.24) is 20.5 Å². The van der Waals surface area contributed by atoms with Gasteiger partial charge in [-0.25, -0.2) is 4.79 Å². The predicted molar refractivity (Wildman–Crippen MR) is 102 cm³/mol. The van der Waals surface area contributed by atoms with Gasteiger partial charge in [-0.2, -0.15) is 0 Å². The van der Waals surface area contributed by atoms with Crippen LogP contribution in [0.15, 0.2) is 35.1 Å². The summed E-state index contributed by atoms with van der Waals surface area (Å²) in [7, 11) is 1.52. The van der Waals surface area contributed by atoms with Crippen LogP contribution in [0.25, 0.3) is 0 Å². The smallest absolute Gasteiger partial charge is 0.322 e. The number of hydrogen-bond donors (Lipinski definition) is 3. The first kappa shape index (κ1) is 18.2. The molecule has 1 fully saturated rings. The third kappa shape index (κ3) is 2.64. The average Bonchev–Trinajstić information content (AvgIpc) is 3.36. The molecule has 0 radical (unpaired) electrons. The fraction of sp³-hybridized carbons (Fsp3) is 0.300. The molecular weight excluding hydrogens is 392 g/mol. The first-order valence-electron chi connectivity index (χ1n) is 9.38. The number of fused-ring (bicyclic) bond motifs is 2. The standard InChI is InChI=1S/C20H18N4O6/c1-29-11-3-2-10-8-24(17(26)12(10)6-11)9-20(18(27)22-19(28)23-20)15-7-13-14(30-15)4-5-16(25)21-13/h2-6,15H,7-9H2,1H3,(H,21,25)(H2,22,23,27,28). The number of H-pyrrole nitrogens is 1. The summed E-state index contributed by atoms with van der Waals surface area (Å²) in [4.78, 5) is 53.7. The summed E-state index contributed by atoms with van der Waals surface area (Å²) in [6.45, 7) is 0.211. The molecule has 4 heterocycles. The topological polar surface area (TPSA) is 130 Å². The van der Waals surface area contributed by atoms with Crippen LogP contribution in [0.5, 0.6) is 11.5 Å². The Labute approximate surface area is 170 Å². The van der Waals surface area contributed by atoms with E-state index >= 15 is 0 Å². The van der Waals surface area contributed by atoms with E-state index in [2.05, 4.69) is 15.6 Å². The Hall–Kier alpha value is -3.82. The largest absolute Gasteiger partial charge is 0.497 e. The van der Waals surface area contributed by atoms with Gasteiger partial charge in [0.15, 0.2) is 5.54 Å². The zero-order valence-electron chi connectivity index (χ0n) is 16.0. The summed E-state index contributed by atoms with van der Waals surface area (Å²) in [6.07, 6.45) is -0.579. The number of aromatic amines is 1. The van der Waals surface area contributed by atoms with Crippen LogP contribution in [-0.4, -0.2) is 53.0 Å². The number of amides is 4. The fourth-order valence-electron chi connectivity index (χ4n) is 4.26. The van der Waals surface area contributed by atoms with Gasteiger partial charge in [-0.3, -0.25) is 19.7 Å². The van der Waals surface area contributed by atoms with Crippen molar-refractivity contribution in [3.05, 3.63) is 57.5 Å². The molecule has 1 saturated heterocycles. The van der Waals surface area contributed by atoms with Crippen molar-refractivity contribution in [3.8, 4) is 11.5 Å². The van der Waals surface area contributed by atoms with Gasteiger partial charge in [0.2, 0.25) is 5.56 Å². The summed E-state index contributed by atoms with van der Waals surface area (Å²) in [5.74, 6) is 0.160. The van der Waals surface area contributed by atoms with Crippen LogP contribution in [0.4, 0.5) is 4.79 Å². The number of pyridine rings is 1. The predicted octanol–water partition coefficient (Wildman–Crippen LogP) is -0.0788. The number of imide groups is 1. The van der Waals surface area contributed by atoms with Crippen molar-refractivity contribution >= 4 is 17.8 Å². The van der Waals surface area contributed by atoms with E-state index in [4.69, 9.17) is 9.47 Å². The zero-order chi connectivity index (χ0) is 21.0. The lowest BCUT2D eigenvalue weighted by Crippen LogP contribution is -2.64. The van der Waals surface area contributed by atoms with Gasteiger partial charge in [0, 0.05) is 24.6 Å². The number of rotatable bonds is 4. The Kier molecular flexibility index (Phi) is 3.85. The normalized spacial score (nSPS) is 24.2. The molecule has 3 aliphatic heterocycles. The highest BCUT2D eigenvalue weighted by molar-refractivity contribution is 6.08. The molecule has 0 saturated carbocycles. The van der Waals surface area contributed by atoms with Crippen LogP contribution in [-0.2, 0) is 17.8 Å². The fourth-order valence-corrected chi connectivity index (χ4v) is 4.26. The SMILES string of the molecule is COc1ccc2c(c1)C(=O)N(CC1(C3Cc4[nH]c(=O)ccc4O3)NC(=O)NC1=O)C2.